The molecule has 0 aromatic carbocycles. The molecule has 0 aliphatic carbocycles. The highest BCUT2D eigenvalue weighted by Gasteiger charge is 2.23. The second kappa shape index (κ2) is 5.47. The number of carbonyl (C=O) groups is 1. The maximum absolute atomic E-state index is 11.6. The molecule has 0 aromatic rings. The molecule has 86 valence electrons. The minimum Gasteiger partial charge on any atom is -0.368 e. The quantitative estimate of drug-likeness (QED) is 0.710. The Labute approximate surface area is 90.8 Å². The normalized spacial score (nSPS) is 30.7. The molecule has 2 heterocycles. The fraction of sp³-hybridized carbons (Fsp3) is 0.909. The summed E-state index contributed by atoms with van der Waals surface area (Å²) in [6, 6.07) is 0.606. The monoisotopic (exact) mass is 212 g/mol. The van der Waals surface area contributed by atoms with E-state index in [1.807, 2.05) is 0 Å². The molecule has 2 saturated heterocycles. The van der Waals surface area contributed by atoms with Gasteiger partial charge in [0.05, 0.1) is 0 Å². The molecule has 0 bridgehead atoms. The van der Waals surface area contributed by atoms with Crippen molar-refractivity contribution in [3.8, 4) is 0 Å². The van der Waals surface area contributed by atoms with E-state index in [2.05, 4.69) is 10.6 Å². The zero-order chi connectivity index (χ0) is 10.5. The van der Waals surface area contributed by atoms with E-state index in [0.717, 1.165) is 39.0 Å². The minimum absolute atomic E-state index is 0.0745. The highest BCUT2D eigenvalue weighted by molar-refractivity contribution is 5.80. The Hall–Kier alpha value is -0.610. The molecule has 2 rings (SSSR count). The zero-order valence-corrected chi connectivity index (χ0v) is 9.13. The predicted molar refractivity (Wildman–Crippen MR) is 57.6 cm³/mol. The number of hydrogen-bond acceptors (Lipinski definition) is 3. The van der Waals surface area contributed by atoms with E-state index in [1.54, 1.807) is 0 Å². The minimum atomic E-state index is -0.179. The van der Waals surface area contributed by atoms with Crippen LogP contribution in [0.5, 0.6) is 0 Å². The summed E-state index contributed by atoms with van der Waals surface area (Å²) >= 11 is 0. The Balaban J connectivity index is 1.58. The van der Waals surface area contributed by atoms with Crippen LogP contribution in [-0.4, -0.2) is 37.7 Å². The third kappa shape index (κ3) is 3.18. The van der Waals surface area contributed by atoms with E-state index >= 15 is 0 Å². The molecule has 15 heavy (non-hydrogen) atoms. The first-order chi connectivity index (χ1) is 7.36. The molecule has 0 radical (unpaired) electrons. The Bertz CT molecular complexity index is 209. The van der Waals surface area contributed by atoms with Gasteiger partial charge in [0.15, 0.2) is 0 Å². The first-order valence-corrected chi connectivity index (χ1v) is 5.99. The smallest absolute Gasteiger partial charge is 0.249 e. The number of nitrogens with one attached hydrogen (secondary N) is 2. The molecule has 2 aliphatic rings. The number of hydrogen-bond donors (Lipinski definition) is 2. The lowest BCUT2D eigenvalue weighted by molar-refractivity contribution is -0.130. The van der Waals surface area contributed by atoms with Crippen LogP contribution >= 0.6 is 0 Å². The number of carbonyl (C=O) groups excluding carboxylic acids is 1. The van der Waals surface area contributed by atoms with Crippen molar-refractivity contribution in [3.63, 3.8) is 0 Å². The van der Waals surface area contributed by atoms with Gasteiger partial charge in [-0.25, -0.2) is 0 Å². The number of amides is 1. The van der Waals surface area contributed by atoms with E-state index in [4.69, 9.17) is 4.74 Å². The van der Waals surface area contributed by atoms with Crippen molar-refractivity contribution in [3.05, 3.63) is 0 Å². The number of rotatable bonds is 4. The third-order valence-electron chi connectivity index (χ3n) is 3.18. The SMILES string of the molecule is O=C(NCCC1CCCN1)[C@@H]1CCCO1. The van der Waals surface area contributed by atoms with Gasteiger partial charge < -0.3 is 15.4 Å². The van der Waals surface area contributed by atoms with Gasteiger partial charge in [-0.2, -0.15) is 0 Å². The zero-order valence-electron chi connectivity index (χ0n) is 9.13. The molecule has 0 aromatic heterocycles. The van der Waals surface area contributed by atoms with Crippen molar-refractivity contribution in [2.75, 3.05) is 19.7 Å². The van der Waals surface area contributed by atoms with Gasteiger partial charge in [0.1, 0.15) is 6.10 Å². The maximum atomic E-state index is 11.6. The lowest BCUT2D eigenvalue weighted by atomic mass is 10.1. The summed E-state index contributed by atoms with van der Waals surface area (Å²) in [5.41, 5.74) is 0. The molecule has 4 heteroatoms. The van der Waals surface area contributed by atoms with Crippen LogP contribution in [-0.2, 0) is 9.53 Å². The van der Waals surface area contributed by atoms with Gasteiger partial charge in [-0.3, -0.25) is 4.79 Å². The van der Waals surface area contributed by atoms with E-state index in [0.29, 0.717) is 6.04 Å². The molecule has 1 amide bonds. The van der Waals surface area contributed by atoms with E-state index in [-0.39, 0.29) is 12.0 Å². The summed E-state index contributed by atoms with van der Waals surface area (Å²) in [7, 11) is 0. The predicted octanol–water partition coefficient (Wildman–Crippen LogP) is 0.424. The summed E-state index contributed by atoms with van der Waals surface area (Å²) in [5, 5.41) is 6.36. The fourth-order valence-corrected chi connectivity index (χ4v) is 2.27. The van der Waals surface area contributed by atoms with Crippen molar-refractivity contribution in [1.29, 1.82) is 0 Å². The largest absolute Gasteiger partial charge is 0.368 e. The fourth-order valence-electron chi connectivity index (χ4n) is 2.27. The number of ether oxygens (including phenoxy) is 1. The van der Waals surface area contributed by atoms with Crippen LogP contribution in [0.2, 0.25) is 0 Å². The van der Waals surface area contributed by atoms with Crippen molar-refractivity contribution in [2.24, 2.45) is 0 Å². The van der Waals surface area contributed by atoms with Crippen LogP contribution in [0.25, 0.3) is 0 Å². The molecule has 0 saturated carbocycles. The van der Waals surface area contributed by atoms with Crippen LogP contribution in [0, 0.1) is 0 Å². The van der Waals surface area contributed by atoms with Crippen LogP contribution in [0.1, 0.15) is 32.1 Å². The molecule has 2 N–H and O–H groups in total. The highest BCUT2D eigenvalue weighted by Crippen LogP contribution is 2.12. The summed E-state index contributed by atoms with van der Waals surface area (Å²) in [5.74, 6) is 0.0745. The lowest BCUT2D eigenvalue weighted by Crippen LogP contribution is -2.36. The van der Waals surface area contributed by atoms with Crippen LogP contribution < -0.4 is 10.6 Å². The molecule has 0 spiro atoms. The van der Waals surface area contributed by atoms with E-state index in [9.17, 15) is 4.79 Å². The molecule has 2 fully saturated rings. The van der Waals surface area contributed by atoms with Gasteiger partial charge >= 0.3 is 0 Å². The second-order valence-electron chi connectivity index (χ2n) is 4.37. The Morgan fingerprint density at radius 1 is 1.40 bits per heavy atom. The lowest BCUT2D eigenvalue weighted by Gasteiger charge is -2.13. The topological polar surface area (TPSA) is 50.4 Å². The summed E-state index contributed by atoms with van der Waals surface area (Å²) in [4.78, 5) is 11.6. The van der Waals surface area contributed by atoms with Crippen molar-refractivity contribution >= 4 is 5.91 Å². The van der Waals surface area contributed by atoms with Gasteiger partial charge in [0.25, 0.3) is 0 Å². The first kappa shape index (κ1) is 10.9. The van der Waals surface area contributed by atoms with Crippen molar-refractivity contribution in [1.82, 2.24) is 10.6 Å². The van der Waals surface area contributed by atoms with Gasteiger partial charge in [0, 0.05) is 19.2 Å². The molecule has 2 aliphatic heterocycles. The Kier molecular flexibility index (Phi) is 3.97. The average Bonchev–Trinajstić information content (AvgIpc) is 2.90. The van der Waals surface area contributed by atoms with Gasteiger partial charge in [0.2, 0.25) is 5.91 Å². The van der Waals surface area contributed by atoms with Crippen LogP contribution in [0.4, 0.5) is 0 Å². The van der Waals surface area contributed by atoms with E-state index in [1.165, 1.54) is 12.8 Å². The molecular formula is C11H20N2O2. The highest BCUT2D eigenvalue weighted by atomic mass is 16.5. The second-order valence-corrected chi connectivity index (χ2v) is 4.37. The average molecular weight is 212 g/mol. The molecule has 1 unspecified atom stereocenters. The molecule has 4 nitrogen and oxygen atoms in total. The first-order valence-electron chi connectivity index (χ1n) is 5.99. The summed E-state index contributed by atoms with van der Waals surface area (Å²) < 4.78 is 5.31. The summed E-state index contributed by atoms with van der Waals surface area (Å²) in [6.45, 7) is 2.64. The Morgan fingerprint density at radius 3 is 3.00 bits per heavy atom. The van der Waals surface area contributed by atoms with Crippen molar-refractivity contribution < 1.29 is 9.53 Å². The molecule has 2 atom stereocenters. The van der Waals surface area contributed by atoms with E-state index < -0.39 is 0 Å². The summed E-state index contributed by atoms with van der Waals surface area (Å²) in [6.07, 6.45) is 5.27. The molecular weight excluding hydrogens is 192 g/mol. The van der Waals surface area contributed by atoms with Gasteiger partial charge in [-0.1, -0.05) is 0 Å². The standard InChI is InChI=1S/C11H20N2O2/c14-11(10-4-2-8-15-10)13-7-5-9-3-1-6-12-9/h9-10,12H,1-8H2,(H,13,14)/t9?,10-/m0/s1. The Morgan fingerprint density at radius 2 is 2.33 bits per heavy atom. The van der Waals surface area contributed by atoms with Crippen LogP contribution in [0.15, 0.2) is 0 Å². The van der Waals surface area contributed by atoms with Crippen molar-refractivity contribution in [2.45, 2.75) is 44.2 Å². The van der Waals surface area contributed by atoms with Crippen LogP contribution in [0.3, 0.4) is 0 Å². The third-order valence-corrected chi connectivity index (χ3v) is 3.18. The van der Waals surface area contributed by atoms with Gasteiger partial charge in [-0.05, 0) is 38.6 Å². The van der Waals surface area contributed by atoms with Gasteiger partial charge in [-0.15, -0.1) is 0 Å². The maximum Gasteiger partial charge on any atom is 0.249 e.